The molecule has 9 heteroatoms. The Morgan fingerprint density at radius 2 is 1.56 bits per heavy atom. The lowest BCUT2D eigenvalue weighted by Crippen LogP contribution is -2.36. The topological polar surface area (TPSA) is 99.0 Å². The molecule has 6 nitrogen and oxygen atoms in total. The van der Waals surface area contributed by atoms with Gasteiger partial charge in [-0.05, 0) is 39.9 Å². The van der Waals surface area contributed by atoms with Gasteiger partial charge in [0.25, 0.3) is 0 Å². The number of halogens is 3. The maximum atomic E-state index is 13.0. The van der Waals surface area contributed by atoms with Gasteiger partial charge in [-0.2, -0.15) is 13.2 Å². The monoisotopic (exact) mass is 473 g/mol. The number of carbonyl (C=O) groups excluding carboxylic acids is 1. The number of hydrogen-bond acceptors (Lipinski definition) is 5. The highest BCUT2D eigenvalue weighted by atomic mass is 19.4. The Bertz CT molecular complexity index is 1150. The highest BCUT2D eigenvalue weighted by molar-refractivity contribution is 5.79. The van der Waals surface area contributed by atoms with Gasteiger partial charge < -0.3 is 25.4 Å². The van der Waals surface area contributed by atoms with Gasteiger partial charge in [0.1, 0.15) is 24.6 Å². The molecule has 0 aliphatic heterocycles. The number of carbonyl (C=O) groups is 1. The summed E-state index contributed by atoms with van der Waals surface area (Å²) in [5, 5.41) is 32.1. The number of benzene rings is 3. The Labute approximate surface area is 193 Å². The third-order valence-corrected chi connectivity index (χ3v) is 5.83. The van der Waals surface area contributed by atoms with E-state index < -0.39 is 42.3 Å². The van der Waals surface area contributed by atoms with Crippen LogP contribution in [0.25, 0.3) is 11.1 Å². The summed E-state index contributed by atoms with van der Waals surface area (Å²) in [6, 6.07) is 18.0. The Kier molecular flexibility index (Phi) is 6.49. The molecule has 0 radical (unpaired) electrons. The van der Waals surface area contributed by atoms with Crippen LogP contribution in [0.4, 0.5) is 18.0 Å². The quantitative estimate of drug-likeness (QED) is 0.427. The molecule has 4 rings (SSSR count). The summed E-state index contributed by atoms with van der Waals surface area (Å²) in [5.74, 6) is -1.15. The molecular weight excluding hydrogens is 451 g/mol. The molecular formula is C25H22F3NO5. The van der Waals surface area contributed by atoms with Crippen molar-refractivity contribution in [1.82, 2.24) is 5.32 Å². The molecule has 3 aromatic rings. The van der Waals surface area contributed by atoms with E-state index in [1.807, 2.05) is 48.5 Å². The second-order valence-corrected chi connectivity index (χ2v) is 7.99. The highest BCUT2D eigenvalue weighted by Gasteiger charge is 2.35. The molecule has 0 heterocycles. The number of phenols is 1. The summed E-state index contributed by atoms with van der Waals surface area (Å²) >= 11 is 0. The number of aliphatic hydroxyl groups excluding tert-OH is 2. The minimum Gasteiger partial charge on any atom is -0.507 e. The number of alkyl halides is 3. The van der Waals surface area contributed by atoms with Crippen LogP contribution in [0.2, 0.25) is 0 Å². The van der Waals surface area contributed by atoms with Gasteiger partial charge in [-0.25, -0.2) is 4.79 Å². The fourth-order valence-electron chi connectivity index (χ4n) is 4.14. The Hall–Kier alpha value is -3.56. The lowest BCUT2D eigenvalue weighted by molar-refractivity contribution is -0.138. The van der Waals surface area contributed by atoms with E-state index in [4.69, 9.17) is 4.74 Å². The molecule has 2 unspecified atom stereocenters. The Morgan fingerprint density at radius 1 is 0.971 bits per heavy atom. The van der Waals surface area contributed by atoms with Crippen LogP contribution in [0.15, 0.2) is 66.7 Å². The molecule has 1 aliphatic carbocycles. The van der Waals surface area contributed by atoms with Crippen molar-refractivity contribution in [3.8, 4) is 16.9 Å². The van der Waals surface area contributed by atoms with Gasteiger partial charge in [0, 0.05) is 12.5 Å². The molecule has 1 aliphatic rings. The first-order chi connectivity index (χ1) is 16.2. The number of amides is 1. The number of alkyl carbamates (subject to hydrolysis) is 1. The Balaban J connectivity index is 1.35. The summed E-state index contributed by atoms with van der Waals surface area (Å²) < 4.78 is 44.2. The van der Waals surface area contributed by atoms with E-state index in [1.165, 1.54) is 0 Å². The molecule has 0 bridgehead atoms. The lowest BCUT2D eigenvalue weighted by Gasteiger charge is -2.20. The smallest absolute Gasteiger partial charge is 0.419 e. The van der Waals surface area contributed by atoms with Crippen molar-refractivity contribution >= 4 is 6.09 Å². The van der Waals surface area contributed by atoms with E-state index in [2.05, 4.69) is 5.32 Å². The maximum absolute atomic E-state index is 13.0. The summed E-state index contributed by atoms with van der Waals surface area (Å²) in [6.07, 6.45) is -9.00. The molecule has 1 amide bonds. The first-order valence-electron chi connectivity index (χ1n) is 10.5. The van der Waals surface area contributed by atoms with Gasteiger partial charge in [-0.15, -0.1) is 0 Å². The molecule has 0 fully saturated rings. The summed E-state index contributed by atoms with van der Waals surface area (Å²) in [5.41, 5.74) is 2.60. The van der Waals surface area contributed by atoms with E-state index >= 15 is 0 Å². The van der Waals surface area contributed by atoms with Crippen molar-refractivity contribution in [2.45, 2.75) is 24.3 Å². The minimum absolute atomic E-state index is 0.0470. The zero-order valence-electron chi connectivity index (χ0n) is 17.8. The predicted octanol–water partition coefficient (Wildman–Crippen LogP) is 4.34. The van der Waals surface area contributed by atoms with Gasteiger partial charge in [-0.3, -0.25) is 0 Å². The van der Waals surface area contributed by atoms with Crippen LogP contribution < -0.4 is 5.32 Å². The number of fused-ring (bicyclic) bond motifs is 3. The Morgan fingerprint density at radius 3 is 2.15 bits per heavy atom. The van der Waals surface area contributed by atoms with Gasteiger partial charge in [0.05, 0.1) is 5.56 Å². The second-order valence-electron chi connectivity index (χ2n) is 7.99. The van der Waals surface area contributed by atoms with Crippen molar-refractivity contribution < 1.29 is 38.0 Å². The second kappa shape index (κ2) is 9.36. The summed E-state index contributed by atoms with van der Waals surface area (Å²) in [6.45, 7) is -0.411. The maximum Gasteiger partial charge on any atom is 0.419 e. The molecule has 3 aromatic carbocycles. The molecule has 178 valence electrons. The van der Waals surface area contributed by atoms with Gasteiger partial charge >= 0.3 is 12.3 Å². The van der Waals surface area contributed by atoms with E-state index in [0.29, 0.717) is 6.07 Å². The normalized spacial score (nSPS) is 14.7. The predicted molar refractivity (Wildman–Crippen MR) is 117 cm³/mol. The van der Waals surface area contributed by atoms with Crippen molar-refractivity contribution in [3.05, 3.63) is 89.0 Å². The average molecular weight is 473 g/mol. The highest BCUT2D eigenvalue weighted by Crippen LogP contribution is 2.44. The standard InChI is InChI=1S/C25H22F3NO5/c26-25(27,28)20-11-14(9-10-21(20)30)23(32)22(31)12-29-24(33)34-13-19-17-7-3-1-5-15(17)16-6-2-4-8-18(16)19/h1-11,19,22-23,30-32H,12-13H2,(H,29,33). The van der Waals surface area contributed by atoms with Crippen LogP contribution in [0.5, 0.6) is 5.75 Å². The lowest BCUT2D eigenvalue weighted by atomic mass is 9.98. The SMILES string of the molecule is O=C(NCC(O)C(O)c1ccc(O)c(C(F)(F)F)c1)OCC1c2ccccc2-c2ccccc21. The van der Waals surface area contributed by atoms with E-state index in [9.17, 15) is 33.3 Å². The largest absolute Gasteiger partial charge is 0.507 e. The first-order valence-corrected chi connectivity index (χ1v) is 10.5. The summed E-state index contributed by atoms with van der Waals surface area (Å²) in [4.78, 5) is 12.2. The van der Waals surface area contributed by atoms with Crippen LogP contribution in [-0.2, 0) is 10.9 Å². The fourth-order valence-corrected chi connectivity index (χ4v) is 4.14. The van der Waals surface area contributed by atoms with Crippen molar-refractivity contribution in [1.29, 1.82) is 0 Å². The minimum atomic E-state index is -4.83. The number of ether oxygens (including phenoxy) is 1. The number of hydrogen-bond donors (Lipinski definition) is 4. The summed E-state index contributed by atoms with van der Waals surface area (Å²) in [7, 11) is 0. The van der Waals surface area contributed by atoms with Crippen LogP contribution in [0.3, 0.4) is 0 Å². The number of phenolic OH excluding ortho intramolecular Hbond substituents is 1. The van der Waals surface area contributed by atoms with Crippen LogP contribution in [-0.4, -0.2) is 40.7 Å². The van der Waals surface area contributed by atoms with Crippen molar-refractivity contribution in [2.75, 3.05) is 13.2 Å². The zero-order valence-corrected chi connectivity index (χ0v) is 17.8. The van der Waals surface area contributed by atoms with E-state index in [1.54, 1.807) is 0 Å². The number of aliphatic hydroxyl groups is 2. The van der Waals surface area contributed by atoms with Gasteiger partial charge in [0.15, 0.2) is 0 Å². The number of rotatable bonds is 6. The molecule has 4 N–H and O–H groups in total. The molecule has 0 spiro atoms. The van der Waals surface area contributed by atoms with Crippen LogP contribution >= 0.6 is 0 Å². The van der Waals surface area contributed by atoms with Crippen LogP contribution in [0.1, 0.15) is 34.3 Å². The zero-order chi connectivity index (χ0) is 24.5. The van der Waals surface area contributed by atoms with Crippen molar-refractivity contribution in [2.24, 2.45) is 0 Å². The fraction of sp³-hybridized carbons (Fsp3) is 0.240. The van der Waals surface area contributed by atoms with E-state index in [-0.39, 0.29) is 18.1 Å². The van der Waals surface area contributed by atoms with Gasteiger partial charge in [0.2, 0.25) is 0 Å². The van der Waals surface area contributed by atoms with Crippen LogP contribution in [0, 0.1) is 0 Å². The third-order valence-electron chi connectivity index (χ3n) is 5.83. The number of aromatic hydroxyl groups is 1. The number of nitrogens with one attached hydrogen (secondary N) is 1. The van der Waals surface area contributed by atoms with E-state index in [0.717, 1.165) is 34.4 Å². The third kappa shape index (κ3) is 4.71. The molecule has 0 saturated heterocycles. The molecule has 0 saturated carbocycles. The van der Waals surface area contributed by atoms with Gasteiger partial charge in [-0.1, -0.05) is 54.6 Å². The van der Waals surface area contributed by atoms with Crippen molar-refractivity contribution in [3.63, 3.8) is 0 Å². The molecule has 34 heavy (non-hydrogen) atoms. The molecule has 0 aromatic heterocycles. The molecule has 2 atom stereocenters. The average Bonchev–Trinajstić information content (AvgIpc) is 3.14. The first kappa shape index (κ1) is 23.6.